The fourth-order valence-corrected chi connectivity index (χ4v) is 4.69. The van der Waals surface area contributed by atoms with E-state index < -0.39 is 0 Å². The Bertz CT molecular complexity index is 728. The number of hydrogen-bond donors (Lipinski definition) is 2. The summed E-state index contributed by atoms with van der Waals surface area (Å²) < 4.78 is 2.02. The molecule has 2 aliphatic rings. The van der Waals surface area contributed by atoms with Gasteiger partial charge in [-0.2, -0.15) is 5.10 Å². The van der Waals surface area contributed by atoms with Crippen LogP contribution in [0.5, 0.6) is 0 Å². The number of hydrogen-bond acceptors (Lipinski definition) is 3. The number of rotatable bonds is 6. The van der Waals surface area contributed by atoms with Crippen molar-refractivity contribution in [1.82, 2.24) is 25.3 Å². The molecule has 2 fully saturated rings. The molecule has 1 aromatic rings. The SMILES string of the molecule is Cc1nn(CC(C)C)c(C)c1CC(=O)NC1CCN(C(=O)NC2CCCCC2)CC1. The summed E-state index contributed by atoms with van der Waals surface area (Å²) in [5.74, 6) is 0.570. The molecule has 2 N–H and O–H groups in total. The van der Waals surface area contributed by atoms with Crippen LogP contribution in [-0.2, 0) is 17.8 Å². The molecule has 0 radical (unpaired) electrons. The zero-order valence-electron chi connectivity index (χ0n) is 19.2. The van der Waals surface area contributed by atoms with Crippen molar-refractivity contribution in [2.45, 2.75) is 97.7 Å². The number of amides is 3. The largest absolute Gasteiger partial charge is 0.353 e. The summed E-state index contributed by atoms with van der Waals surface area (Å²) in [6.07, 6.45) is 7.93. The van der Waals surface area contributed by atoms with Crippen LogP contribution < -0.4 is 10.6 Å². The van der Waals surface area contributed by atoms with Gasteiger partial charge in [-0.3, -0.25) is 9.48 Å². The fourth-order valence-electron chi connectivity index (χ4n) is 4.69. The van der Waals surface area contributed by atoms with Crippen LogP contribution in [0.3, 0.4) is 0 Å². The summed E-state index contributed by atoms with van der Waals surface area (Å²) in [7, 11) is 0. The first-order chi connectivity index (χ1) is 14.3. The lowest BCUT2D eigenvalue weighted by Gasteiger charge is -2.34. The molecule has 7 nitrogen and oxygen atoms in total. The first-order valence-electron chi connectivity index (χ1n) is 11.7. The van der Waals surface area contributed by atoms with E-state index in [1.54, 1.807) is 0 Å². The lowest BCUT2D eigenvalue weighted by atomic mass is 9.95. The monoisotopic (exact) mass is 417 g/mol. The number of piperidine rings is 1. The van der Waals surface area contributed by atoms with Crippen LogP contribution in [0.1, 0.15) is 75.7 Å². The van der Waals surface area contributed by atoms with Crippen molar-refractivity contribution in [3.8, 4) is 0 Å². The van der Waals surface area contributed by atoms with E-state index >= 15 is 0 Å². The molecule has 3 amide bonds. The maximum atomic E-state index is 12.7. The number of urea groups is 1. The number of carbonyl (C=O) groups excluding carboxylic acids is 2. The number of aryl methyl sites for hydroxylation is 1. The smallest absolute Gasteiger partial charge is 0.317 e. The van der Waals surface area contributed by atoms with Crippen molar-refractivity contribution < 1.29 is 9.59 Å². The molecule has 7 heteroatoms. The van der Waals surface area contributed by atoms with E-state index in [1.807, 2.05) is 16.5 Å². The van der Waals surface area contributed by atoms with Gasteiger partial charge in [-0.1, -0.05) is 33.1 Å². The molecule has 0 bridgehead atoms. The summed E-state index contributed by atoms with van der Waals surface area (Å²) in [5.41, 5.74) is 3.07. The average Bonchev–Trinajstić information content (AvgIpc) is 2.96. The van der Waals surface area contributed by atoms with E-state index in [1.165, 1.54) is 19.3 Å². The van der Waals surface area contributed by atoms with Crippen LogP contribution in [0.25, 0.3) is 0 Å². The van der Waals surface area contributed by atoms with Crippen LogP contribution in [-0.4, -0.2) is 51.8 Å². The molecule has 1 saturated carbocycles. The Labute approximate surface area is 181 Å². The van der Waals surface area contributed by atoms with Gasteiger partial charge in [0.25, 0.3) is 0 Å². The van der Waals surface area contributed by atoms with Crippen LogP contribution in [0.15, 0.2) is 0 Å². The van der Waals surface area contributed by atoms with Crippen molar-refractivity contribution in [1.29, 1.82) is 0 Å². The number of aromatic nitrogens is 2. The highest BCUT2D eigenvalue weighted by atomic mass is 16.2. The molecule has 1 aromatic heterocycles. The molecule has 0 spiro atoms. The third-order valence-electron chi connectivity index (χ3n) is 6.49. The number of nitrogens with one attached hydrogen (secondary N) is 2. The first kappa shape index (κ1) is 22.6. The van der Waals surface area contributed by atoms with Gasteiger partial charge in [0.05, 0.1) is 12.1 Å². The third-order valence-corrected chi connectivity index (χ3v) is 6.49. The van der Waals surface area contributed by atoms with Crippen LogP contribution in [0.2, 0.25) is 0 Å². The quantitative estimate of drug-likeness (QED) is 0.745. The van der Waals surface area contributed by atoms with Crippen molar-refractivity contribution in [3.63, 3.8) is 0 Å². The van der Waals surface area contributed by atoms with E-state index in [0.717, 1.165) is 49.2 Å². The highest BCUT2D eigenvalue weighted by Crippen LogP contribution is 2.19. The maximum Gasteiger partial charge on any atom is 0.317 e. The van der Waals surface area contributed by atoms with Gasteiger partial charge in [-0.15, -0.1) is 0 Å². The van der Waals surface area contributed by atoms with Gasteiger partial charge in [-0.05, 0) is 45.4 Å². The van der Waals surface area contributed by atoms with E-state index in [-0.39, 0.29) is 18.0 Å². The Kier molecular flexibility index (Phi) is 7.78. The second kappa shape index (κ2) is 10.3. The number of likely N-dealkylation sites (tertiary alicyclic amines) is 1. The van der Waals surface area contributed by atoms with Gasteiger partial charge < -0.3 is 15.5 Å². The Morgan fingerprint density at radius 1 is 1.00 bits per heavy atom. The molecule has 0 aromatic carbocycles. The standard InChI is InChI=1S/C23H39N5O2/c1-16(2)15-28-18(4)21(17(3)26-28)14-22(29)24-20-10-12-27(13-11-20)23(30)25-19-8-6-5-7-9-19/h16,19-20H,5-15H2,1-4H3,(H,24,29)(H,25,30). The van der Waals surface area contributed by atoms with Gasteiger partial charge in [0.2, 0.25) is 5.91 Å². The Morgan fingerprint density at radius 3 is 2.27 bits per heavy atom. The minimum absolute atomic E-state index is 0.0513. The lowest BCUT2D eigenvalue weighted by molar-refractivity contribution is -0.121. The van der Waals surface area contributed by atoms with Crippen molar-refractivity contribution >= 4 is 11.9 Å². The second-order valence-corrected chi connectivity index (χ2v) is 9.52. The highest BCUT2D eigenvalue weighted by molar-refractivity contribution is 5.79. The predicted molar refractivity (Wildman–Crippen MR) is 118 cm³/mol. The predicted octanol–water partition coefficient (Wildman–Crippen LogP) is 3.32. The minimum atomic E-state index is 0.0513. The van der Waals surface area contributed by atoms with E-state index in [4.69, 9.17) is 0 Å². The minimum Gasteiger partial charge on any atom is -0.353 e. The molecular formula is C23H39N5O2. The third kappa shape index (κ3) is 5.99. The van der Waals surface area contributed by atoms with Crippen LogP contribution in [0.4, 0.5) is 4.79 Å². The highest BCUT2D eigenvalue weighted by Gasteiger charge is 2.26. The Balaban J connectivity index is 1.44. The van der Waals surface area contributed by atoms with E-state index in [2.05, 4.69) is 36.5 Å². The lowest BCUT2D eigenvalue weighted by Crippen LogP contribution is -2.51. The second-order valence-electron chi connectivity index (χ2n) is 9.52. The molecule has 1 aliphatic carbocycles. The molecule has 168 valence electrons. The van der Waals surface area contributed by atoms with Crippen molar-refractivity contribution in [2.75, 3.05) is 13.1 Å². The first-order valence-corrected chi connectivity index (χ1v) is 11.7. The average molecular weight is 418 g/mol. The molecule has 3 rings (SSSR count). The zero-order valence-corrected chi connectivity index (χ0v) is 19.2. The molecule has 0 atom stereocenters. The van der Waals surface area contributed by atoms with Gasteiger partial charge in [-0.25, -0.2) is 4.79 Å². The zero-order chi connectivity index (χ0) is 21.7. The van der Waals surface area contributed by atoms with Gasteiger partial charge >= 0.3 is 6.03 Å². The molecule has 0 unspecified atom stereocenters. The molecule has 1 saturated heterocycles. The Morgan fingerprint density at radius 2 is 1.63 bits per heavy atom. The summed E-state index contributed by atoms with van der Waals surface area (Å²) >= 11 is 0. The summed E-state index contributed by atoms with van der Waals surface area (Å²) in [6.45, 7) is 10.6. The molecule has 2 heterocycles. The normalized spacial score (nSPS) is 18.6. The molecular weight excluding hydrogens is 378 g/mol. The molecule has 1 aliphatic heterocycles. The van der Waals surface area contributed by atoms with E-state index in [9.17, 15) is 9.59 Å². The maximum absolute atomic E-state index is 12.7. The summed E-state index contributed by atoms with van der Waals surface area (Å²) in [4.78, 5) is 27.1. The van der Waals surface area contributed by atoms with Crippen LogP contribution in [0, 0.1) is 19.8 Å². The van der Waals surface area contributed by atoms with Gasteiger partial charge in [0.15, 0.2) is 0 Å². The number of nitrogens with zero attached hydrogens (tertiary/aromatic N) is 3. The van der Waals surface area contributed by atoms with E-state index in [0.29, 0.717) is 31.5 Å². The van der Waals surface area contributed by atoms with Gasteiger partial charge in [0, 0.05) is 43.0 Å². The van der Waals surface area contributed by atoms with Crippen molar-refractivity contribution in [3.05, 3.63) is 17.0 Å². The topological polar surface area (TPSA) is 79.3 Å². The Hall–Kier alpha value is -2.05. The van der Waals surface area contributed by atoms with Crippen LogP contribution >= 0.6 is 0 Å². The van der Waals surface area contributed by atoms with Gasteiger partial charge in [0.1, 0.15) is 0 Å². The molecule has 30 heavy (non-hydrogen) atoms. The fraction of sp³-hybridized carbons (Fsp3) is 0.783. The summed E-state index contributed by atoms with van der Waals surface area (Å²) in [5, 5.41) is 11.0. The van der Waals surface area contributed by atoms with Crippen molar-refractivity contribution in [2.24, 2.45) is 5.92 Å². The number of carbonyl (C=O) groups is 2. The summed E-state index contributed by atoms with van der Waals surface area (Å²) in [6, 6.07) is 0.546.